The highest BCUT2D eigenvalue weighted by Gasteiger charge is 2.47. The van der Waals surface area contributed by atoms with Gasteiger partial charge >= 0.3 is 0 Å². The SMILES string of the molecule is CC.COCCN1C(=O)c2oc3cc(C)ccc3c2OCC1(C)C(=O)NCc1ccccc1OC. The number of benzene rings is 2. The number of hydrogen-bond donors (Lipinski definition) is 1. The Morgan fingerprint density at radius 1 is 1.17 bits per heavy atom. The fraction of sp³-hybridized carbons (Fsp3) is 0.407. The summed E-state index contributed by atoms with van der Waals surface area (Å²) in [5.74, 6) is 0.367. The third-order valence-electron chi connectivity index (χ3n) is 5.97. The molecule has 2 heterocycles. The van der Waals surface area contributed by atoms with Gasteiger partial charge in [-0.3, -0.25) is 9.59 Å². The van der Waals surface area contributed by atoms with Gasteiger partial charge in [0.2, 0.25) is 11.7 Å². The average molecular weight is 483 g/mol. The van der Waals surface area contributed by atoms with Crippen molar-refractivity contribution in [2.45, 2.75) is 39.8 Å². The number of fused-ring (bicyclic) bond motifs is 3. The number of carbonyl (C=O) groups is 2. The molecule has 1 unspecified atom stereocenters. The predicted molar refractivity (Wildman–Crippen MR) is 134 cm³/mol. The maximum absolute atomic E-state index is 13.6. The molecule has 0 bridgehead atoms. The van der Waals surface area contributed by atoms with E-state index in [0.717, 1.165) is 11.1 Å². The van der Waals surface area contributed by atoms with Gasteiger partial charge in [-0.2, -0.15) is 0 Å². The average Bonchev–Trinajstić information content (AvgIpc) is 3.20. The van der Waals surface area contributed by atoms with E-state index in [9.17, 15) is 9.59 Å². The van der Waals surface area contributed by atoms with Crippen molar-refractivity contribution in [2.75, 3.05) is 34.0 Å². The van der Waals surface area contributed by atoms with Gasteiger partial charge in [-0.05, 0) is 37.6 Å². The summed E-state index contributed by atoms with van der Waals surface area (Å²) in [5.41, 5.74) is 1.13. The Hall–Kier alpha value is -3.52. The standard InChI is InChI=1S/C25H28N2O6.C2H6/c1-16-9-10-18-20(13-16)33-22-21(18)32-15-25(2,27(23(22)28)11-12-30-3)24(29)26-14-17-7-5-6-8-19(17)31-4;1-2/h5-10,13H,11-12,14-15H2,1-4H3,(H,26,29);1-2H3. The van der Waals surface area contributed by atoms with Crippen molar-refractivity contribution in [2.24, 2.45) is 0 Å². The number of hydrogen-bond acceptors (Lipinski definition) is 6. The zero-order chi connectivity index (χ0) is 25.6. The summed E-state index contributed by atoms with van der Waals surface area (Å²) >= 11 is 0. The van der Waals surface area contributed by atoms with Gasteiger partial charge in [0.05, 0.1) is 19.1 Å². The fourth-order valence-corrected chi connectivity index (χ4v) is 4.04. The van der Waals surface area contributed by atoms with Gasteiger partial charge in [0.1, 0.15) is 17.9 Å². The second kappa shape index (κ2) is 11.3. The van der Waals surface area contributed by atoms with Gasteiger partial charge in [0.25, 0.3) is 5.91 Å². The zero-order valence-corrected chi connectivity index (χ0v) is 21.3. The van der Waals surface area contributed by atoms with E-state index in [1.165, 1.54) is 4.90 Å². The molecule has 1 aliphatic rings. The van der Waals surface area contributed by atoms with Crippen molar-refractivity contribution >= 4 is 22.8 Å². The first-order chi connectivity index (χ1) is 16.9. The Morgan fingerprint density at radius 3 is 2.63 bits per heavy atom. The van der Waals surface area contributed by atoms with E-state index in [-0.39, 0.29) is 38.0 Å². The van der Waals surface area contributed by atoms with Crippen LogP contribution >= 0.6 is 0 Å². The summed E-state index contributed by atoms with van der Waals surface area (Å²) in [5, 5.41) is 3.64. The molecule has 0 saturated heterocycles. The van der Waals surface area contributed by atoms with Crippen LogP contribution in [0.1, 0.15) is 42.5 Å². The quantitative estimate of drug-likeness (QED) is 0.539. The Kier molecular flexibility index (Phi) is 8.40. The molecule has 2 aromatic carbocycles. The summed E-state index contributed by atoms with van der Waals surface area (Å²) in [6, 6.07) is 13.1. The lowest BCUT2D eigenvalue weighted by Crippen LogP contribution is -2.61. The number of nitrogens with one attached hydrogen (secondary N) is 1. The molecule has 0 radical (unpaired) electrons. The molecule has 2 amide bonds. The number of rotatable bonds is 7. The van der Waals surface area contributed by atoms with Gasteiger partial charge in [-0.25, -0.2) is 0 Å². The third kappa shape index (κ3) is 5.12. The summed E-state index contributed by atoms with van der Waals surface area (Å²) in [7, 11) is 3.13. The lowest BCUT2D eigenvalue weighted by molar-refractivity contribution is -0.133. The summed E-state index contributed by atoms with van der Waals surface area (Å²) in [4.78, 5) is 28.5. The van der Waals surface area contributed by atoms with Crippen LogP contribution in [0.4, 0.5) is 0 Å². The first-order valence-corrected chi connectivity index (χ1v) is 11.8. The molecule has 0 aliphatic carbocycles. The Labute approximate surface area is 206 Å². The van der Waals surface area contributed by atoms with Crippen molar-refractivity contribution in [3.8, 4) is 11.5 Å². The van der Waals surface area contributed by atoms with Crippen LogP contribution in [0, 0.1) is 6.92 Å². The molecule has 8 heteroatoms. The lowest BCUT2D eigenvalue weighted by Gasteiger charge is -2.37. The molecule has 0 fully saturated rings. The zero-order valence-electron chi connectivity index (χ0n) is 21.3. The normalized spacial score (nSPS) is 17.1. The van der Waals surface area contributed by atoms with Crippen LogP contribution in [0.25, 0.3) is 11.0 Å². The second-order valence-corrected chi connectivity index (χ2v) is 8.27. The smallest absolute Gasteiger partial charge is 0.294 e. The van der Waals surface area contributed by atoms with E-state index < -0.39 is 11.4 Å². The maximum Gasteiger partial charge on any atom is 0.294 e. The molecule has 4 rings (SSSR count). The number of methoxy groups -OCH3 is 2. The van der Waals surface area contributed by atoms with Crippen LogP contribution in [0.5, 0.6) is 11.5 Å². The molecule has 8 nitrogen and oxygen atoms in total. The molecule has 188 valence electrons. The van der Waals surface area contributed by atoms with Gasteiger partial charge < -0.3 is 28.8 Å². The Balaban J connectivity index is 0.00000167. The minimum absolute atomic E-state index is 0.0320. The van der Waals surface area contributed by atoms with E-state index in [4.69, 9.17) is 18.6 Å². The minimum atomic E-state index is -1.28. The third-order valence-corrected chi connectivity index (χ3v) is 5.97. The van der Waals surface area contributed by atoms with Crippen molar-refractivity contribution in [3.05, 3.63) is 59.4 Å². The number of ether oxygens (including phenoxy) is 3. The number of aryl methyl sites for hydroxylation is 1. The summed E-state index contributed by atoms with van der Waals surface area (Å²) in [6.07, 6.45) is 0. The highest BCUT2D eigenvalue weighted by atomic mass is 16.5. The van der Waals surface area contributed by atoms with Crippen LogP contribution in [0.3, 0.4) is 0 Å². The predicted octanol–water partition coefficient (Wildman–Crippen LogP) is 4.33. The van der Waals surface area contributed by atoms with Crippen molar-refractivity contribution < 1.29 is 28.2 Å². The van der Waals surface area contributed by atoms with Crippen LogP contribution < -0.4 is 14.8 Å². The molecule has 1 atom stereocenters. The van der Waals surface area contributed by atoms with Gasteiger partial charge in [0, 0.05) is 25.8 Å². The molecular weight excluding hydrogens is 448 g/mol. The molecule has 35 heavy (non-hydrogen) atoms. The summed E-state index contributed by atoms with van der Waals surface area (Å²) < 4.78 is 22.6. The molecule has 0 saturated carbocycles. The number of amides is 2. The first kappa shape index (κ1) is 26.1. The van der Waals surface area contributed by atoms with E-state index in [1.807, 2.05) is 63.2 Å². The van der Waals surface area contributed by atoms with Gasteiger partial charge in [-0.15, -0.1) is 0 Å². The highest BCUT2D eigenvalue weighted by molar-refractivity contribution is 6.04. The molecule has 1 aliphatic heterocycles. The maximum atomic E-state index is 13.6. The van der Waals surface area contributed by atoms with Crippen molar-refractivity contribution in [3.63, 3.8) is 0 Å². The molecule has 1 N–H and O–H groups in total. The van der Waals surface area contributed by atoms with Gasteiger partial charge in [0.15, 0.2) is 11.3 Å². The summed E-state index contributed by atoms with van der Waals surface area (Å²) in [6.45, 7) is 8.31. The van der Waals surface area contributed by atoms with E-state index >= 15 is 0 Å². The lowest BCUT2D eigenvalue weighted by atomic mass is 9.99. The van der Waals surface area contributed by atoms with Crippen LogP contribution in [0.15, 0.2) is 46.9 Å². The van der Waals surface area contributed by atoms with E-state index in [0.29, 0.717) is 22.5 Å². The first-order valence-electron chi connectivity index (χ1n) is 11.8. The Bertz CT molecular complexity index is 1190. The Morgan fingerprint density at radius 2 is 1.91 bits per heavy atom. The number of nitrogens with zero attached hydrogens (tertiary/aromatic N) is 1. The van der Waals surface area contributed by atoms with Crippen molar-refractivity contribution in [1.29, 1.82) is 0 Å². The number of para-hydroxylation sites is 1. The van der Waals surface area contributed by atoms with E-state index in [1.54, 1.807) is 21.1 Å². The molecule has 0 spiro atoms. The van der Waals surface area contributed by atoms with E-state index in [2.05, 4.69) is 5.32 Å². The fourth-order valence-electron chi connectivity index (χ4n) is 4.04. The highest BCUT2D eigenvalue weighted by Crippen LogP contribution is 2.38. The minimum Gasteiger partial charge on any atom is -0.496 e. The van der Waals surface area contributed by atoms with Crippen LogP contribution in [0.2, 0.25) is 0 Å². The largest absolute Gasteiger partial charge is 0.496 e. The second-order valence-electron chi connectivity index (χ2n) is 8.27. The topological polar surface area (TPSA) is 90.2 Å². The molecular formula is C27H34N2O6. The van der Waals surface area contributed by atoms with Crippen LogP contribution in [-0.4, -0.2) is 56.2 Å². The molecule has 3 aromatic rings. The van der Waals surface area contributed by atoms with Crippen molar-refractivity contribution in [1.82, 2.24) is 10.2 Å². The number of carbonyl (C=O) groups excluding carboxylic acids is 2. The monoisotopic (exact) mass is 482 g/mol. The molecule has 1 aromatic heterocycles. The van der Waals surface area contributed by atoms with Gasteiger partial charge in [-0.1, -0.05) is 38.1 Å². The van der Waals surface area contributed by atoms with Crippen LogP contribution in [-0.2, 0) is 16.1 Å². The number of furan rings is 1.